The van der Waals surface area contributed by atoms with Crippen LogP contribution in [0.15, 0.2) is 4.99 Å². The van der Waals surface area contributed by atoms with Crippen LogP contribution in [0.5, 0.6) is 0 Å². The van der Waals surface area contributed by atoms with Crippen LogP contribution in [0.3, 0.4) is 0 Å². The molecule has 0 radical (unpaired) electrons. The van der Waals surface area contributed by atoms with Crippen LogP contribution in [0.2, 0.25) is 0 Å². The van der Waals surface area contributed by atoms with Gasteiger partial charge in [0.2, 0.25) is 0 Å². The SMILES string of the molecule is CSC(C)(/N=C/S(=O)(=O)O)SC. The van der Waals surface area contributed by atoms with E-state index in [9.17, 15) is 8.42 Å². The fraction of sp³-hybridized carbons (Fsp3) is 0.800. The summed E-state index contributed by atoms with van der Waals surface area (Å²) in [6.45, 7) is 1.77. The second-order valence-electron chi connectivity index (χ2n) is 2.06. The van der Waals surface area contributed by atoms with Crippen molar-refractivity contribution in [2.45, 2.75) is 11.1 Å². The van der Waals surface area contributed by atoms with E-state index in [1.165, 1.54) is 23.5 Å². The highest BCUT2D eigenvalue weighted by Gasteiger charge is 2.19. The Labute approximate surface area is 81.0 Å². The average Bonchev–Trinajstić information content (AvgIpc) is 1.99. The molecular formula is C5H11NO3S3. The lowest BCUT2D eigenvalue weighted by atomic mass is 10.8. The Balaban J connectivity index is 4.52. The van der Waals surface area contributed by atoms with Gasteiger partial charge in [0.05, 0.1) is 0 Å². The van der Waals surface area contributed by atoms with E-state index in [-0.39, 0.29) is 0 Å². The van der Waals surface area contributed by atoms with E-state index in [4.69, 9.17) is 4.55 Å². The van der Waals surface area contributed by atoms with Crippen molar-refractivity contribution >= 4 is 39.2 Å². The Morgan fingerprint density at radius 3 is 2.08 bits per heavy atom. The second-order valence-corrected chi connectivity index (χ2v) is 5.96. The lowest BCUT2D eigenvalue weighted by molar-refractivity contribution is 0.499. The largest absolute Gasteiger partial charge is 0.304 e. The maximum Gasteiger partial charge on any atom is 0.304 e. The summed E-state index contributed by atoms with van der Waals surface area (Å²) in [6.07, 6.45) is 3.63. The van der Waals surface area contributed by atoms with Gasteiger partial charge in [-0.15, -0.1) is 23.5 Å². The number of hydrogen-bond acceptors (Lipinski definition) is 5. The fourth-order valence-corrected chi connectivity index (χ4v) is 1.81. The third kappa shape index (κ3) is 5.02. The summed E-state index contributed by atoms with van der Waals surface area (Å²) in [5.41, 5.74) is 0.569. The van der Waals surface area contributed by atoms with Crippen LogP contribution in [0.1, 0.15) is 6.92 Å². The highest BCUT2D eigenvalue weighted by Crippen LogP contribution is 2.34. The summed E-state index contributed by atoms with van der Waals surface area (Å²) in [7, 11) is -4.10. The predicted octanol–water partition coefficient (Wildman–Crippen LogP) is 1.30. The molecule has 0 spiro atoms. The number of rotatable bonds is 4. The minimum atomic E-state index is -4.10. The van der Waals surface area contributed by atoms with Crippen molar-refractivity contribution in [1.82, 2.24) is 0 Å². The Bertz CT molecular complexity index is 255. The molecule has 0 fully saturated rings. The van der Waals surface area contributed by atoms with E-state index >= 15 is 0 Å². The van der Waals surface area contributed by atoms with Crippen LogP contribution < -0.4 is 0 Å². The zero-order valence-corrected chi connectivity index (χ0v) is 9.46. The molecule has 0 saturated carbocycles. The zero-order chi connectivity index (χ0) is 9.83. The molecule has 0 aromatic heterocycles. The van der Waals surface area contributed by atoms with Gasteiger partial charge in [0.15, 0.2) is 0 Å². The zero-order valence-electron chi connectivity index (χ0n) is 7.01. The normalized spacial score (nSPS) is 14.0. The minimum absolute atomic E-state index is 0.546. The van der Waals surface area contributed by atoms with Crippen LogP contribution >= 0.6 is 23.5 Å². The molecule has 12 heavy (non-hydrogen) atoms. The summed E-state index contributed by atoms with van der Waals surface area (Å²) in [6, 6.07) is 0. The molecule has 72 valence electrons. The third-order valence-corrected chi connectivity index (χ3v) is 4.28. The van der Waals surface area contributed by atoms with Crippen molar-refractivity contribution in [1.29, 1.82) is 0 Å². The van der Waals surface area contributed by atoms with Gasteiger partial charge in [-0.05, 0) is 19.4 Å². The first-order valence-corrected chi connectivity index (χ1v) is 6.91. The van der Waals surface area contributed by atoms with Crippen LogP contribution in [-0.2, 0) is 10.1 Å². The van der Waals surface area contributed by atoms with Crippen molar-refractivity contribution in [3.8, 4) is 0 Å². The minimum Gasteiger partial charge on any atom is -0.281 e. The monoisotopic (exact) mass is 229 g/mol. The molecule has 1 N–H and O–H groups in total. The predicted molar refractivity (Wildman–Crippen MR) is 55.5 cm³/mol. The Kier molecular flexibility index (Phi) is 4.60. The summed E-state index contributed by atoms with van der Waals surface area (Å²) in [5, 5.41) is 0. The van der Waals surface area contributed by atoms with Gasteiger partial charge in [-0.3, -0.25) is 9.55 Å². The lowest BCUT2D eigenvalue weighted by Crippen LogP contribution is -2.12. The maximum absolute atomic E-state index is 10.3. The highest BCUT2D eigenvalue weighted by molar-refractivity contribution is 8.17. The third-order valence-electron chi connectivity index (χ3n) is 1.18. The first kappa shape index (κ1) is 12.3. The molecule has 0 aliphatic heterocycles. The van der Waals surface area contributed by atoms with E-state index in [0.717, 1.165) is 0 Å². The summed E-state index contributed by atoms with van der Waals surface area (Å²) < 4.78 is 28.4. The van der Waals surface area contributed by atoms with Gasteiger partial charge in [-0.2, -0.15) is 8.42 Å². The van der Waals surface area contributed by atoms with Crippen molar-refractivity contribution in [2.24, 2.45) is 4.99 Å². The van der Waals surface area contributed by atoms with E-state index in [0.29, 0.717) is 5.55 Å². The molecule has 0 aromatic carbocycles. The van der Waals surface area contributed by atoms with Crippen LogP contribution in [-0.4, -0.2) is 35.2 Å². The highest BCUT2D eigenvalue weighted by atomic mass is 32.2. The Morgan fingerprint density at radius 2 is 1.83 bits per heavy atom. The van der Waals surface area contributed by atoms with E-state index in [1.807, 2.05) is 12.5 Å². The van der Waals surface area contributed by atoms with Gasteiger partial charge in [-0.25, -0.2) is 0 Å². The Morgan fingerprint density at radius 1 is 1.42 bits per heavy atom. The number of aliphatic imine (C=N–C) groups is 1. The summed E-state index contributed by atoms with van der Waals surface area (Å²) in [4.78, 5) is 3.73. The topological polar surface area (TPSA) is 66.7 Å². The van der Waals surface area contributed by atoms with Gasteiger partial charge in [0, 0.05) is 0 Å². The van der Waals surface area contributed by atoms with Gasteiger partial charge in [0.25, 0.3) is 0 Å². The molecule has 0 unspecified atom stereocenters. The molecule has 0 aliphatic rings. The first-order chi connectivity index (χ1) is 5.33. The fourth-order valence-electron chi connectivity index (χ4n) is 0.351. The average molecular weight is 229 g/mol. The molecule has 0 saturated heterocycles. The standard InChI is InChI=1S/C5H11NO3S3/c1-5(10-2,11-3)6-4-12(7,8)9/h4H,1-3H3,(H,7,8,9)/b6-4+. The maximum atomic E-state index is 10.3. The summed E-state index contributed by atoms with van der Waals surface area (Å²) in [5.74, 6) is 0. The van der Waals surface area contributed by atoms with Crippen LogP contribution in [0, 0.1) is 0 Å². The van der Waals surface area contributed by atoms with E-state index < -0.39 is 14.3 Å². The van der Waals surface area contributed by atoms with Crippen molar-refractivity contribution in [2.75, 3.05) is 12.5 Å². The molecule has 4 nitrogen and oxygen atoms in total. The number of thioether (sulfide) groups is 2. The first-order valence-electron chi connectivity index (χ1n) is 2.96. The molecule has 0 aromatic rings. The number of hydrogen-bond donors (Lipinski definition) is 1. The van der Waals surface area contributed by atoms with Gasteiger partial charge in [0.1, 0.15) is 9.75 Å². The molecular weight excluding hydrogens is 218 g/mol. The van der Waals surface area contributed by atoms with Crippen molar-refractivity contribution in [3.63, 3.8) is 0 Å². The van der Waals surface area contributed by atoms with Gasteiger partial charge < -0.3 is 0 Å². The quantitative estimate of drug-likeness (QED) is 0.341. The second kappa shape index (κ2) is 4.50. The summed E-state index contributed by atoms with van der Waals surface area (Å²) >= 11 is 2.80. The van der Waals surface area contributed by atoms with E-state index in [2.05, 4.69) is 4.99 Å². The van der Waals surface area contributed by atoms with Crippen molar-refractivity contribution in [3.05, 3.63) is 0 Å². The molecule has 0 rings (SSSR count). The van der Waals surface area contributed by atoms with Gasteiger partial charge in [-0.1, -0.05) is 0 Å². The number of nitrogens with zero attached hydrogens (tertiary/aromatic N) is 1. The van der Waals surface area contributed by atoms with Crippen LogP contribution in [0.4, 0.5) is 0 Å². The molecule has 0 amide bonds. The molecule has 0 heterocycles. The van der Waals surface area contributed by atoms with Gasteiger partial charge >= 0.3 is 10.1 Å². The molecule has 0 atom stereocenters. The Hall–Kier alpha value is 0.280. The molecule has 7 heteroatoms. The van der Waals surface area contributed by atoms with Crippen molar-refractivity contribution < 1.29 is 13.0 Å². The lowest BCUT2D eigenvalue weighted by Gasteiger charge is -2.18. The van der Waals surface area contributed by atoms with E-state index in [1.54, 1.807) is 6.92 Å². The van der Waals surface area contributed by atoms with Crippen LogP contribution in [0.25, 0.3) is 0 Å². The molecule has 0 aliphatic carbocycles. The molecule has 0 bridgehead atoms. The smallest absolute Gasteiger partial charge is 0.281 e.